The van der Waals surface area contributed by atoms with Crippen molar-refractivity contribution >= 4 is 34.3 Å². The van der Waals surface area contributed by atoms with Gasteiger partial charge < -0.3 is 33.2 Å². The molecule has 0 saturated carbocycles. The van der Waals surface area contributed by atoms with Gasteiger partial charge in [0, 0.05) is 32.8 Å². The number of carbonyl (C=O) groups is 1. The summed E-state index contributed by atoms with van der Waals surface area (Å²) in [6, 6.07) is 15.5. The molecule has 3 fully saturated rings. The van der Waals surface area contributed by atoms with Gasteiger partial charge in [0.25, 0.3) is 5.79 Å². The van der Waals surface area contributed by atoms with Crippen LogP contribution in [0.2, 0.25) is 5.02 Å². The van der Waals surface area contributed by atoms with Crippen LogP contribution in [0.4, 0.5) is 5.69 Å². The molecule has 0 unspecified atom stereocenters. The van der Waals surface area contributed by atoms with E-state index in [2.05, 4.69) is 25.4 Å². The molecule has 0 bridgehead atoms. The van der Waals surface area contributed by atoms with E-state index < -0.39 is 5.79 Å². The Morgan fingerprint density at radius 2 is 1.98 bits per heavy atom. The second kappa shape index (κ2) is 11.2. The fraction of sp³-hybridized carbons (Fsp3) is 0.424. The number of para-hydroxylation sites is 1. The Balaban J connectivity index is 1.06. The zero-order valence-electron chi connectivity index (χ0n) is 25.1. The number of rotatable bonds is 7. The van der Waals surface area contributed by atoms with Crippen LogP contribution in [0.5, 0.6) is 11.5 Å². The summed E-state index contributed by atoms with van der Waals surface area (Å²) in [5.74, 6) is 0.917. The molecule has 0 N–H and O–H groups in total. The van der Waals surface area contributed by atoms with E-state index in [0.29, 0.717) is 54.1 Å². The Kier molecular flexibility index (Phi) is 7.09. The lowest BCUT2D eigenvalue weighted by molar-refractivity contribution is -0.0716. The number of piperazine rings is 1. The Morgan fingerprint density at radius 1 is 1.11 bits per heavy atom. The van der Waals surface area contributed by atoms with Crippen molar-refractivity contribution in [3.05, 3.63) is 76.8 Å². The number of methoxy groups -OCH3 is 1. The smallest absolute Gasteiger partial charge is 0.337 e. The number of hydrogen-bond acceptors (Lipinski definition) is 10. The van der Waals surface area contributed by atoms with Crippen molar-refractivity contribution in [3.63, 3.8) is 0 Å². The summed E-state index contributed by atoms with van der Waals surface area (Å²) in [6.45, 7) is 6.81. The largest absolute Gasteiger partial charge is 0.465 e. The minimum atomic E-state index is -1.06. The van der Waals surface area contributed by atoms with Gasteiger partial charge in [-0.25, -0.2) is 9.78 Å². The number of imidazole rings is 1. The van der Waals surface area contributed by atoms with Crippen molar-refractivity contribution < 1.29 is 28.5 Å². The van der Waals surface area contributed by atoms with E-state index in [-0.39, 0.29) is 24.2 Å². The molecule has 3 saturated heterocycles. The molecule has 4 aliphatic rings. The Morgan fingerprint density at radius 3 is 2.76 bits per heavy atom. The summed E-state index contributed by atoms with van der Waals surface area (Å²) in [6.07, 6.45) is 2.75. The van der Waals surface area contributed by atoms with E-state index in [1.807, 2.05) is 37.3 Å². The van der Waals surface area contributed by atoms with Gasteiger partial charge in [0.05, 0.1) is 78.9 Å². The molecule has 0 aliphatic carbocycles. The van der Waals surface area contributed by atoms with Gasteiger partial charge in [-0.1, -0.05) is 17.7 Å². The SMILES string of the molecule is COC(=O)c1ccc2nc(CN3CCN(c4cccc5c4O[C@](C)(c4ccc(Cl)cn4)O5)[C@H]4COC[C@H]43)n(C[C@@H]3CCO3)c2c1. The number of halogens is 1. The number of esters is 1. The van der Waals surface area contributed by atoms with Gasteiger partial charge in [-0.3, -0.25) is 9.88 Å². The van der Waals surface area contributed by atoms with E-state index in [4.69, 9.17) is 40.3 Å². The quantitative estimate of drug-likeness (QED) is 0.273. The van der Waals surface area contributed by atoms with Crippen LogP contribution in [-0.2, 0) is 33.1 Å². The topological polar surface area (TPSA) is 100 Å². The second-order valence-corrected chi connectivity index (χ2v) is 12.5. The summed E-state index contributed by atoms with van der Waals surface area (Å²) < 4.78 is 32.0. The first-order chi connectivity index (χ1) is 21.9. The van der Waals surface area contributed by atoms with Crippen LogP contribution in [0.1, 0.15) is 35.2 Å². The standard InChI is InChI=1S/C33H34ClN5O6/c1-33(29-9-7-21(34)15-35-29)44-28-5-3-4-24(31(28)45-33)38-12-11-37(26-18-42-19-27(26)38)17-30-36-23-8-6-20(32(40)41-2)14-25(23)39(30)16-22-10-13-43-22/h3-9,14-15,22,26-27H,10-13,16-19H2,1-2H3/t22-,26+,27-,33+/m0/s1. The zero-order valence-corrected chi connectivity index (χ0v) is 25.9. The molecule has 12 heteroatoms. The van der Waals surface area contributed by atoms with Crippen molar-refractivity contribution in [3.8, 4) is 11.5 Å². The molecule has 4 atom stereocenters. The summed E-state index contributed by atoms with van der Waals surface area (Å²) in [7, 11) is 1.40. The van der Waals surface area contributed by atoms with Crippen LogP contribution in [0.25, 0.3) is 11.0 Å². The van der Waals surface area contributed by atoms with Crippen LogP contribution in [0, 0.1) is 0 Å². The summed E-state index contributed by atoms with van der Waals surface area (Å²) in [5.41, 5.74) is 3.90. The molecular weight excluding hydrogens is 598 g/mol. The Bertz CT molecular complexity index is 1760. The first-order valence-corrected chi connectivity index (χ1v) is 15.7. The maximum absolute atomic E-state index is 12.3. The van der Waals surface area contributed by atoms with Gasteiger partial charge in [0.1, 0.15) is 11.5 Å². The second-order valence-electron chi connectivity index (χ2n) is 12.1. The maximum atomic E-state index is 12.3. The lowest BCUT2D eigenvalue weighted by atomic mass is 10.0. The fourth-order valence-corrected chi connectivity index (χ4v) is 7.00. The van der Waals surface area contributed by atoms with E-state index >= 15 is 0 Å². The molecule has 11 nitrogen and oxygen atoms in total. The van der Waals surface area contributed by atoms with Crippen LogP contribution >= 0.6 is 11.6 Å². The van der Waals surface area contributed by atoms with E-state index in [0.717, 1.165) is 48.7 Å². The number of ether oxygens (including phenoxy) is 5. The van der Waals surface area contributed by atoms with Crippen molar-refractivity contribution in [2.45, 2.75) is 50.4 Å². The number of hydrogen-bond donors (Lipinski definition) is 0. The number of carbonyl (C=O) groups excluding carboxylic acids is 1. The molecule has 234 valence electrons. The predicted molar refractivity (Wildman–Crippen MR) is 166 cm³/mol. The minimum absolute atomic E-state index is 0.119. The van der Waals surface area contributed by atoms with Gasteiger partial charge in [0.2, 0.25) is 0 Å². The van der Waals surface area contributed by atoms with Crippen LogP contribution in [0.3, 0.4) is 0 Å². The Labute approximate surface area is 265 Å². The summed E-state index contributed by atoms with van der Waals surface area (Å²) in [4.78, 5) is 26.7. The molecular formula is C33H34ClN5O6. The number of pyridine rings is 1. The monoisotopic (exact) mass is 631 g/mol. The average molecular weight is 632 g/mol. The highest BCUT2D eigenvalue weighted by atomic mass is 35.5. The molecule has 8 rings (SSSR count). The van der Waals surface area contributed by atoms with Crippen molar-refractivity contribution in [2.75, 3.05) is 44.9 Å². The van der Waals surface area contributed by atoms with Gasteiger partial charge in [-0.2, -0.15) is 0 Å². The summed E-state index contributed by atoms with van der Waals surface area (Å²) in [5, 5.41) is 0.557. The van der Waals surface area contributed by atoms with Crippen molar-refractivity contribution in [2.24, 2.45) is 0 Å². The third-order valence-corrected chi connectivity index (χ3v) is 9.58. The molecule has 2 aromatic heterocycles. The molecule has 45 heavy (non-hydrogen) atoms. The highest BCUT2D eigenvalue weighted by molar-refractivity contribution is 6.30. The normalized spacial score (nSPS) is 25.8. The van der Waals surface area contributed by atoms with E-state index in [1.165, 1.54) is 7.11 Å². The minimum Gasteiger partial charge on any atom is -0.465 e. The van der Waals surface area contributed by atoms with Crippen LogP contribution in [-0.4, -0.2) is 83.6 Å². The number of nitrogens with zero attached hydrogens (tertiary/aromatic N) is 5. The highest BCUT2D eigenvalue weighted by Gasteiger charge is 2.46. The number of benzene rings is 2. The lowest BCUT2D eigenvalue weighted by Gasteiger charge is -2.44. The van der Waals surface area contributed by atoms with Crippen LogP contribution in [0.15, 0.2) is 54.7 Å². The molecule has 2 aromatic carbocycles. The van der Waals surface area contributed by atoms with Crippen molar-refractivity contribution in [1.82, 2.24) is 19.4 Å². The molecule has 4 aliphatic heterocycles. The first kappa shape index (κ1) is 28.6. The van der Waals surface area contributed by atoms with Gasteiger partial charge >= 0.3 is 5.97 Å². The third kappa shape index (κ3) is 4.98. The van der Waals surface area contributed by atoms with E-state index in [1.54, 1.807) is 18.3 Å². The first-order valence-electron chi connectivity index (χ1n) is 15.3. The molecule has 4 aromatic rings. The number of aromatic nitrogens is 3. The average Bonchev–Trinajstić information content (AvgIpc) is 3.74. The number of fused-ring (bicyclic) bond motifs is 3. The summed E-state index contributed by atoms with van der Waals surface area (Å²) >= 11 is 6.08. The van der Waals surface area contributed by atoms with Crippen LogP contribution < -0.4 is 14.4 Å². The van der Waals surface area contributed by atoms with Gasteiger partial charge in [-0.15, -0.1) is 0 Å². The molecule has 0 spiro atoms. The lowest BCUT2D eigenvalue weighted by Crippen LogP contribution is -2.59. The Hall–Kier alpha value is -3.90. The van der Waals surface area contributed by atoms with Crippen molar-refractivity contribution in [1.29, 1.82) is 0 Å². The highest BCUT2D eigenvalue weighted by Crippen LogP contribution is 2.50. The number of anilines is 1. The fourth-order valence-electron chi connectivity index (χ4n) is 6.88. The third-order valence-electron chi connectivity index (χ3n) is 9.35. The molecule has 0 amide bonds. The van der Waals surface area contributed by atoms with Gasteiger partial charge in [-0.05, 0) is 48.9 Å². The molecule has 6 heterocycles. The zero-order chi connectivity index (χ0) is 30.7. The van der Waals surface area contributed by atoms with Gasteiger partial charge in [0.15, 0.2) is 11.5 Å². The predicted octanol–water partition coefficient (Wildman–Crippen LogP) is 4.39. The maximum Gasteiger partial charge on any atom is 0.337 e. The molecule has 0 radical (unpaired) electrons. The van der Waals surface area contributed by atoms with E-state index in [9.17, 15) is 4.79 Å².